The summed E-state index contributed by atoms with van der Waals surface area (Å²) in [5, 5.41) is 12.5. The summed E-state index contributed by atoms with van der Waals surface area (Å²) in [7, 11) is 0. The summed E-state index contributed by atoms with van der Waals surface area (Å²) >= 11 is 12.0. The molecule has 1 unspecified atom stereocenters. The van der Waals surface area contributed by atoms with Crippen LogP contribution < -0.4 is 5.32 Å². The van der Waals surface area contributed by atoms with Crippen LogP contribution in [0.15, 0.2) is 18.2 Å². The van der Waals surface area contributed by atoms with Crippen LogP contribution in [0.5, 0.6) is 0 Å². The van der Waals surface area contributed by atoms with Crippen molar-refractivity contribution in [1.29, 1.82) is 0 Å². The number of aliphatic carboxylic acids is 1. The number of benzene rings is 1. The molecule has 6 nitrogen and oxygen atoms in total. The molecule has 0 heterocycles. The Morgan fingerprint density at radius 1 is 0.967 bits per heavy atom. The lowest BCUT2D eigenvalue weighted by Crippen LogP contribution is -2.42. The molecule has 1 atom stereocenters. The van der Waals surface area contributed by atoms with Crippen molar-refractivity contribution in [2.45, 2.75) is 65.2 Å². The van der Waals surface area contributed by atoms with Crippen molar-refractivity contribution < 1.29 is 19.5 Å². The molecule has 0 spiro atoms. The molecule has 0 aliphatic rings. The summed E-state index contributed by atoms with van der Waals surface area (Å²) in [5.74, 6) is -3.00. The van der Waals surface area contributed by atoms with E-state index in [1.54, 1.807) is 4.90 Å². The number of rotatable bonds is 14. The van der Waals surface area contributed by atoms with E-state index in [1.165, 1.54) is 18.2 Å². The Morgan fingerprint density at radius 3 is 1.97 bits per heavy atom. The highest BCUT2D eigenvalue weighted by Gasteiger charge is 2.31. The second-order valence-corrected chi connectivity index (χ2v) is 8.24. The monoisotopic (exact) mass is 458 g/mol. The zero-order valence-corrected chi connectivity index (χ0v) is 19.3. The van der Waals surface area contributed by atoms with Crippen LogP contribution in [0.4, 0.5) is 5.69 Å². The van der Waals surface area contributed by atoms with Gasteiger partial charge in [0.15, 0.2) is 0 Å². The van der Waals surface area contributed by atoms with Crippen LogP contribution in [0.1, 0.15) is 65.2 Å². The fraction of sp³-hybridized carbons (Fsp3) is 0.591. The minimum atomic E-state index is -1.08. The smallest absolute Gasteiger partial charge is 0.303 e. The van der Waals surface area contributed by atoms with Gasteiger partial charge in [-0.15, -0.1) is 0 Å². The van der Waals surface area contributed by atoms with E-state index in [0.717, 1.165) is 38.5 Å². The molecule has 2 N–H and O–H groups in total. The molecular weight excluding hydrogens is 427 g/mol. The van der Waals surface area contributed by atoms with Gasteiger partial charge >= 0.3 is 5.97 Å². The van der Waals surface area contributed by atoms with E-state index in [0.29, 0.717) is 28.8 Å². The molecule has 0 aliphatic carbocycles. The molecular formula is C22H32Cl2N2O4. The first-order valence-corrected chi connectivity index (χ1v) is 11.3. The zero-order valence-electron chi connectivity index (χ0n) is 17.8. The lowest BCUT2D eigenvalue weighted by Gasteiger charge is -2.27. The van der Waals surface area contributed by atoms with Gasteiger partial charge in [0.25, 0.3) is 0 Å². The number of unbranched alkanes of at least 4 members (excludes halogenated alkanes) is 4. The van der Waals surface area contributed by atoms with Crippen LogP contribution in [0, 0.1) is 5.92 Å². The normalized spacial score (nSPS) is 11.7. The number of carboxylic acids is 1. The molecule has 0 saturated heterocycles. The predicted octanol–water partition coefficient (Wildman–Crippen LogP) is 5.62. The van der Waals surface area contributed by atoms with Gasteiger partial charge in [0.2, 0.25) is 11.8 Å². The molecule has 0 fully saturated rings. The first-order valence-electron chi connectivity index (χ1n) is 10.6. The number of carbonyl (C=O) groups excluding carboxylic acids is 2. The molecule has 1 rings (SSSR count). The second kappa shape index (κ2) is 14.3. The maximum atomic E-state index is 13.2. The van der Waals surface area contributed by atoms with E-state index in [2.05, 4.69) is 19.2 Å². The topological polar surface area (TPSA) is 86.7 Å². The first-order chi connectivity index (χ1) is 14.3. The fourth-order valence-corrected chi connectivity index (χ4v) is 3.67. The molecule has 0 saturated carbocycles. The van der Waals surface area contributed by atoms with Crippen LogP contribution in [0.25, 0.3) is 0 Å². The largest absolute Gasteiger partial charge is 0.481 e. The lowest BCUT2D eigenvalue weighted by atomic mass is 9.99. The van der Waals surface area contributed by atoms with Crippen molar-refractivity contribution >= 4 is 46.7 Å². The zero-order chi connectivity index (χ0) is 22.5. The number of carbonyl (C=O) groups is 3. The Bertz CT molecular complexity index is 682. The fourth-order valence-electron chi connectivity index (χ4n) is 3.15. The van der Waals surface area contributed by atoms with Crippen LogP contribution in [0.2, 0.25) is 10.0 Å². The highest BCUT2D eigenvalue weighted by molar-refractivity contribution is 6.35. The SMILES string of the molecule is CCCCCN(CCCCC)C(=O)C(CCC(=O)O)C(=O)Nc1cc(Cl)cc(Cl)c1. The van der Waals surface area contributed by atoms with E-state index >= 15 is 0 Å². The summed E-state index contributed by atoms with van der Waals surface area (Å²) < 4.78 is 0. The number of hydrogen-bond donors (Lipinski definition) is 2. The quantitative estimate of drug-likeness (QED) is 0.279. The maximum absolute atomic E-state index is 13.2. The van der Waals surface area contributed by atoms with E-state index in [-0.39, 0.29) is 18.7 Å². The molecule has 2 amide bonds. The number of carboxylic acid groups (broad SMARTS) is 1. The molecule has 0 bridgehead atoms. The van der Waals surface area contributed by atoms with Crippen molar-refractivity contribution in [1.82, 2.24) is 4.90 Å². The third-order valence-corrected chi connectivity index (χ3v) is 5.20. The Hall–Kier alpha value is -1.79. The van der Waals surface area contributed by atoms with Gasteiger partial charge in [-0.2, -0.15) is 0 Å². The van der Waals surface area contributed by atoms with E-state index < -0.39 is 17.8 Å². The van der Waals surface area contributed by atoms with E-state index in [1.807, 2.05) is 0 Å². The van der Waals surface area contributed by atoms with Gasteiger partial charge in [0.1, 0.15) is 5.92 Å². The van der Waals surface area contributed by atoms with Crippen LogP contribution in [-0.2, 0) is 14.4 Å². The highest BCUT2D eigenvalue weighted by atomic mass is 35.5. The third-order valence-electron chi connectivity index (χ3n) is 4.77. The minimum Gasteiger partial charge on any atom is -0.481 e. The summed E-state index contributed by atoms with van der Waals surface area (Å²) in [4.78, 5) is 39.0. The van der Waals surface area contributed by atoms with Gasteiger partial charge in [-0.05, 0) is 37.5 Å². The predicted molar refractivity (Wildman–Crippen MR) is 121 cm³/mol. The summed E-state index contributed by atoms with van der Waals surface area (Å²) in [6, 6.07) is 4.60. The van der Waals surface area contributed by atoms with Crippen molar-refractivity contribution in [3.8, 4) is 0 Å². The average Bonchev–Trinajstić information content (AvgIpc) is 2.66. The molecule has 30 heavy (non-hydrogen) atoms. The Morgan fingerprint density at radius 2 is 1.50 bits per heavy atom. The second-order valence-electron chi connectivity index (χ2n) is 7.37. The Balaban J connectivity index is 3.00. The number of amides is 2. The standard InChI is InChI=1S/C22H32Cl2N2O4/c1-3-5-7-11-26(12-8-6-4-2)22(30)19(9-10-20(27)28)21(29)25-18-14-16(23)13-17(24)15-18/h13-15,19H,3-12H2,1-2H3,(H,25,29)(H,27,28). The summed E-state index contributed by atoms with van der Waals surface area (Å²) in [5.41, 5.74) is 0.370. The summed E-state index contributed by atoms with van der Waals surface area (Å²) in [6.07, 6.45) is 5.40. The third kappa shape index (κ3) is 9.81. The van der Waals surface area contributed by atoms with Gasteiger partial charge < -0.3 is 15.3 Å². The van der Waals surface area contributed by atoms with Crippen LogP contribution in [-0.4, -0.2) is 40.9 Å². The lowest BCUT2D eigenvalue weighted by molar-refractivity contribution is -0.142. The minimum absolute atomic E-state index is 0.0631. The van der Waals surface area contributed by atoms with Crippen LogP contribution in [0.3, 0.4) is 0 Å². The van der Waals surface area contributed by atoms with Crippen LogP contribution >= 0.6 is 23.2 Å². The number of halogens is 2. The number of nitrogens with zero attached hydrogens (tertiary/aromatic N) is 1. The molecule has 1 aromatic rings. The van der Waals surface area contributed by atoms with Gasteiger partial charge in [0.05, 0.1) is 0 Å². The van der Waals surface area contributed by atoms with E-state index in [9.17, 15) is 14.4 Å². The number of nitrogens with one attached hydrogen (secondary N) is 1. The van der Waals surface area contributed by atoms with Gasteiger partial charge in [-0.25, -0.2) is 0 Å². The average molecular weight is 459 g/mol. The Labute approximate surface area is 188 Å². The molecule has 0 radical (unpaired) electrons. The molecule has 0 aliphatic heterocycles. The maximum Gasteiger partial charge on any atom is 0.303 e. The molecule has 1 aromatic carbocycles. The van der Waals surface area contributed by atoms with Crippen molar-refractivity contribution in [3.63, 3.8) is 0 Å². The summed E-state index contributed by atoms with van der Waals surface area (Å²) in [6.45, 7) is 5.30. The van der Waals surface area contributed by atoms with E-state index in [4.69, 9.17) is 28.3 Å². The molecule has 0 aromatic heterocycles. The van der Waals surface area contributed by atoms with Crippen molar-refractivity contribution in [2.75, 3.05) is 18.4 Å². The Kier molecular flexibility index (Phi) is 12.5. The van der Waals surface area contributed by atoms with Crippen molar-refractivity contribution in [3.05, 3.63) is 28.2 Å². The molecule has 168 valence electrons. The highest BCUT2D eigenvalue weighted by Crippen LogP contribution is 2.24. The number of anilines is 1. The van der Waals surface area contributed by atoms with Crippen molar-refractivity contribution in [2.24, 2.45) is 5.92 Å². The van der Waals surface area contributed by atoms with Gasteiger partial charge in [0, 0.05) is 35.2 Å². The molecule has 8 heteroatoms. The number of hydrogen-bond acceptors (Lipinski definition) is 3. The first kappa shape index (κ1) is 26.2. The van der Waals surface area contributed by atoms with Gasteiger partial charge in [-0.1, -0.05) is 62.7 Å². The van der Waals surface area contributed by atoms with Gasteiger partial charge in [-0.3, -0.25) is 14.4 Å².